The van der Waals surface area contributed by atoms with Gasteiger partial charge in [-0.2, -0.15) is 0 Å². The van der Waals surface area contributed by atoms with Gasteiger partial charge in [0, 0.05) is 34.0 Å². The van der Waals surface area contributed by atoms with Crippen LogP contribution in [-0.2, 0) is 0 Å². The number of nitrogens with zero attached hydrogens (tertiary/aromatic N) is 3. The fourth-order valence-electron chi connectivity index (χ4n) is 4.82. The van der Waals surface area contributed by atoms with E-state index in [9.17, 15) is 0 Å². The van der Waals surface area contributed by atoms with Gasteiger partial charge in [-0.15, -0.1) is 0 Å². The van der Waals surface area contributed by atoms with Crippen LogP contribution in [0.15, 0.2) is 79.0 Å². The third-order valence-electron chi connectivity index (χ3n) is 6.35. The highest BCUT2D eigenvalue weighted by Gasteiger charge is 2.42. The van der Waals surface area contributed by atoms with Crippen LogP contribution in [0.2, 0.25) is 5.02 Å². The van der Waals surface area contributed by atoms with Crippen molar-refractivity contribution in [3.05, 3.63) is 112 Å². The molecule has 6 heteroatoms. The monoisotopic (exact) mass is 472 g/mol. The van der Waals surface area contributed by atoms with Crippen molar-refractivity contribution in [1.29, 1.82) is 0 Å². The molecule has 4 nitrogen and oxygen atoms in total. The third kappa shape index (κ3) is 3.81. The number of hydrogen-bond acceptors (Lipinski definition) is 2. The second-order valence-corrected chi connectivity index (χ2v) is 9.24. The van der Waals surface area contributed by atoms with E-state index >= 15 is 0 Å². The van der Waals surface area contributed by atoms with E-state index < -0.39 is 0 Å². The van der Waals surface area contributed by atoms with E-state index in [1.54, 1.807) is 0 Å². The molecule has 0 amide bonds. The molecular weight excluding hydrogens is 448 g/mol. The maximum Gasteiger partial charge on any atom is 0.174 e. The second-order valence-electron chi connectivity index (χ2n) is 8.42. The lowest BCUT2D eigenvalue weighted by Crippen LogP contribution is -2.29. The van der Waals surface area contributed by atoms with Gasteiger partial charge in [0.25, 0.3) is 0 Å². The summed E-state index contributed by atoms with van der Waals surface area (Å²) in [5.41, 5.74) is 7.99. The normalized spacial score (nSPS) is 17.9. The zero-order valence-corrected chi connectivity index (χ0v) is 20.4. The minimum atomic E-state index is -0.0831. The number of para-hydroxylation sites is 1. The summed E-state index contributed by atoms with van der Waals surface area (Å²) < 4.78 is 2.33. The first kappa shape index (κ1) is 21.7. The van der Waals surface area contributed by atoms with E-state index in [2.05, 4.69) is 76.9 Å². The fraction of sp³-hybridized carbons (Fsp3) is 0.185. The molecule has 1 N–H and O–H groups in total. The van der Waals surface area contributed by atoms with E-state index in [1.165, 1.54) is 28.2 Å². The SMILES string of the molecule is Cc1ccccc1-n1c(C)cc(C2C(c3ccccn3)NC(=S)N2c2ccc(Cl)cc2)c1C. The molecular formula is C27H25ClN4S. The molecule has 1 fully saturated rings. The average Bonchev–Trinajstić information content (AvgIpc) is 3.31. The summed E-state index contributed by atoms with van der Waals surface area (Å²) in [6.07, 6.45) is 1.83. The van der Waals surface area contributed by atoms with E-state index in [1.807, 2.05) is 42.6 Å². The van der Waals surface area contributed by atoms with Gasteiger partial charge in [-0.3, -0.25) is 4.98 Å². The summed E-state index contributed by atoms with van der Waals surface area (Å²) in [6.45, 7) is 6.49. The lowest BCUT2D eigenvalue weighted by molar-refractivity contribution is 0.565. The highest BCUT2D eigenvalue weighted by molar-refractivity contribution is 7.80. The van der Waals surface area contributed by atoms with Gasteiger partial charge in [0.15, 0.2) is 5.11 Å². The number of thiocarbonyl (C=S) groups is 1. The molecule has 0 aliphatic carbocycles. The van der Waals surface area contributed by atoms with Gasteiger partial charge in [-0.25, -0.2) is 0 Å². The molecule has 0 bridgehead atoms. The molecule has 166 valence electrons. The molecule has 0 spiro atoms. The van der Waals surface area contributed by atoms with Gasteiger partial charge >= 0.3 is 0 Å². The first-order chi connectivity index (χ1) is 16.0. The van der Waals surface area contributed by atoms with E-state index in [0.717, 1.165) is 11.4 Å². The molecule has 33 heavy (non-hydrogen) atoms. The standard InChI is InChI=1S/C27H25ClN4S/c1-17-8-4-5-10-24(17)31-18(2)16-22(19(31)3)26-25(23-9-6-7-15-29-23)30-27(33)32(26)21-13-11-20(28)12-14-21/h4-16,25-26H,1-3H3,(H,30,33). The molecule has 5 rings (SSSR count). The smallest absolute Gasteiger partial charge is 0.174 e. The van der Waals surface area contributed by atoms with Crippen LogP contribution < -0.4 is 10.2 Å². The van der Waals surface area contributed by atoms with Crippen LogP contribution in [0.4, 0.5) is 5.69 Å². The zero-order chi connectivity index (χ0) is 23.1. The Morgan fingerprint density at radius 1 is 0.939 bits per heavy atom. The summed E-state index contributed by atoms with van der Waals surface area (Å²) in [7, 11) is 0. The van der Waals surface area contributed by atoms with Crippen LogP contribution in [0.1, 0.15) is 40.3 Å². The predicted molar refractivity (Wildman–Crippen MR) is 139 cm³/mol. The van der Waals surface area contributed by atoms with Crippen molar-refractivity contribution in [2.24, 2.45) is 0 Å². The zero-order valence-electron chi connectivity index (χ0n) is 18.8. The lowest BCUT2D eigenvalue weighted by Gasteiger charge is -2.28. The largest absolute Gasteiger partial charge is 0.351 e. The van der Waals surface area contributed by atoms with Crippen molar-refractivity contribution in [1.82, 2.24) is 14.9 Å². The Labute approximate surface area is 204 Å². The van der Waals surface area contributed by atoms with Crippen LogP contribution in [0, 0.1) is 20.8 Å². The number of aromatic nitrogens is 2. The number of nitrogens with one attached hydrogen (secondary N) is 1. The highest BCUT2D eigenvalue weighted by atomic mass is 35.5. The summed E-state index contributed by atoms with van der Waals surface area (Å²) >= 11 is 12.0. The Hall–Kier alpha value is -3.15. The molecule has 2 unspecified atom stereocenters. The van der Waals surface area contributed by atoms with Crippen LogP contribution in [0.25, 0.3) is 5.69 Å². The maximum atomic E-state index is 6.18. The van der Waals surface area contributed by atoms with Crippen molar-refractivity contribution in [2.75, 3.05) is 4.90 Å². The first-order valence-corrected chi connectivity index (χ1v) is 11.8. The van der Waals surface area contributed by atoms with Gasteiger partial charge in [-0.1, -0.05) is 35.9 Å². The Morgan fingerprint density at radius 2 is 1.67 bits per heavy atom. The Kier molecular flexibility index (Phi) is 5.69. The van der Waals surface area contributed by atoms with Crippen molar-refractivity contribution in [3.8, 4) is 5.69 Å². The van der Waals surface area contributed by atoms with Crippen molar-refractivity contribution < 1.29 is 0 Å². The third-order valence-corrected chi connectivity index (χ3v) is 6.91. The summed E-state index contributed by atoms with van der Waals surface area (Å²) in [5.74, 6) is 0. The number of benzene rings is 2. The van der Waals surface area contributed by atoms with Crippen molar-refractivity contribution >= 4 is 34.6 Å². The van der Waals surface area contributed by atoms with Crippen LogP contribution in [-0.4, -0.2) is 14.7 Å². The molecule has 3 heterocycles. The number of halogens is 1. The molecule has 4 aromatic rings. The fourth-order valence-corrected chi connectivity index (χ4v) is 5.29. The number of anilines is 1. The van der Waals surface area contributed by atoms with Gasteiger partial charge in [0.1, 0.15) is 0 Å². The molecule has 2 atom stereocenters. The molecule has 1 aliphatic rings. The van der Waals surface area contributed by atoms with Crippen LogP contribution in [0.5, 0.6) is 0 Å². The topological polar surface area (TPSA) is 33.1 Å². The molecule has 2 aromatic carbocycles. The van der Waals surface area contributed by atoms with E-state index in [4.69, 9.17) is 23.8 Å². The Balaban J connectivity index is 1.69. The molecule has 2 aromatic heterocycles. The molecule has 1 saturated heterocycles. The number of pyridine rings is 1. The predicted octanol–water partition coefficient (Wildman–Crippen LogP) is 6.63. The van der Waals surface area contributed by atoms with Crippen molar-refractivity contribution in [3.63, 3.8) is 0 Å². The van der Waals surface area contributed by atoms with Crippen molar-refractivity contribution in [2.45, 2.75) is 32.9 Å². The minimum Gasteiger partial charge on any atom is -0.351 e. The molecule has 0 saturated carbocycles. The van der Waals surface area contributed by atoms with Gasteiger partial charge in [0.2, 0.25) is 0 Å². The maximum absolute atomic E-state index is 6.18. The van der Waals surface area contributed by atoms with Crippen LogP contribution in [0.3, 0.4) is 0 Å². The van der Waals surface area contributed by atoms with Crippen LogP contribution >= 0.6 is 23.8 Å². The first-order valence-electron chi connectivity index (χ1n) is 11.0. The minimum absolute atomic E-state index is 0.0578. The summed E-state index contributed by atoms with van der Waals surface area (Å²) in [6, 6.07) is 24.5. The summed E-state index contributed by atoms with van der Waals surface area (Å²) in [4.78, 5) is 6.86. The van der Waals surface area contributed by atoms with Gasteiger partial charge in [-0.05, 0) is 92.6 Å². The van der Waals surface area contributed by atoms with E-state index in [-0.39, 0.29) is 12.1 Å². The van der Waals surface area contributed by atoms with Gasteiger partial charge in [0.05, 0.1) is 17.8 Å². The van der Waals surface area contributed by atoms with Gasteiger partial charge < -0.3 is 14.8 Å². The number of rotatable bonds is 4. The Morgan fingerprint density at radius 3 is 2.36 bits per heavy atom. The second kappa shape index (κ2) is 8.65. The average molecular weight is 473 g/mol. The number of aryl methyl sites for hydroxylation is 2. The number of hydrogen-bond donors (Lipinski definition) is 1. The van der Waals surface area contributed by atoms with E-state index in [0.29, 0.717) is 10.1 Å². The highest BCUT2D eigenvalue weighted by Crippen LogP contribution is 2.44. The Bertz CT molecular complexity index is 1310. The quantitative estimate of drug-likeness (QED) is 0.338. The summed E-state index contributed by atoms with van der Waals surface area (Å²) in [5, 5.41) is 4.92. The lowest BCUT2D eigenvalue weighted by atomic mass is 9.96. The molecule has 1 aliphatic heterocycles. The molecule has 0 radical (unpaired) electrons.